The Hall–Kier alpha value is -0.240. The molecule has 0 heterocycles. The van der Waals surface area contributed by atoms with Crippen molar-refractivity contribution in [2.45, 2.75) is 18.7 Å². The second-order valence-corrected chi connectivity index (χ2v) is 4.65. The molecule has 3 heteroatoms. The highest BCUT2D eigenvalue weighted by Crippen LogP contribution is 2.09. The second-order valence-electron chi connectivity index (χ2n) is 3.47. The number of halogens is 2. The van der Waals surface area contributed by atoms with Crippen LogP contribution in [-0.4, -0.2) is 18.5 Å². The van der Waals surface area contributed by atoms with Crippen molar-refractivity contribution in [1.82, 2.24) is 0 Å². The standard InChI is InChI=1S/C11H15Cl2N/c1-9(12)8-14-7-6-10-2-4-11(13)5-3-10/h2-5,9,14H,6-8H2,1H3/p+1. The molecule has 0 aliphatic heterocycles. The Morgan fingerprint density at radius 1 is 1.29 bits per heavy atom. The maximum atomic E-state index is 5.83. The zero-order valence-corrected chi connectivity index (χ0v) is 9.85. The molecule has 0 amide bonds. The number of benzene rings is 1. The van der Waals surface area contributed by atoms with Crippen LogP contribution in [0, 0.1) is 0 Å². The maximum Gasteiger partial charge on any atom is 0.0919 e. The van der Waals surface area contributed by atoms with Crippen molar-refractivity contribution in [3.8, 4) is 0 Å². The molecule has 0 aliphatic carbocycles. The summed E-state index contributed by atoms with van der Waals surface area (Å²) < 4.78 is 0. The summed E-state index contributed by atoms with van der Waals surface area (Å²) in [6.07, 6.45) is 1.07. The van der Waals surface area contributed by atoms with Gasteiger partial charge in [0, 0.05) is 11.4 Å². The van der Waals surface area contributed by atoms with E-state index >= 15 is 0 Å². The molecule has 0 saturated heterocycles. The lowest BCUT2D eigenvalue weighted by molar-refractivity contribution is -0.653. The SMILES string of the molecule is CC(Cl)C[NH2+]CCc1ccc(Cl)cc1. The molecule has 1 unspecified atom stereocenters. The minimum atomic E-state index is 0.250. The molecule has 78 valence electrons. The lowest BCUT2D eigenvalue weighted by Gasteiger charge is -2.03. The molecule has 1 aromatic rings. The molecule has 14 heavy (non-hydrogen) atoms. The zero-order chi connectivity index (χ0) is 10.4. The lowest BCUT2D eigenvalue weighted by Crippen LogP contribution is -2.86. The summed E-state index contributed by atoms with van der Waals surface area (Å²) in [5.74, 6) is 0. The predicted molar refractivity (Wildman–Crippen MR) is 62.1 cm³/mol. The van der Waals surface area contributed by atoms with E-state index in [0.29, 0.717) is 0 Å². The van der Waals surface area contributed by atoms with Crippen LogP contribution < -0.4 is 5.32 Å². The average molecular weight is 233 g/mol. The molecule has 0 fully saturated rings. The third kappa shape index (κ3) is 4.85. The van der Waals surface area contributed by atoms with Crippen LogP contribution in [0.25, 0.3) is 0 Å². The van der Waals surface area contributed by atoms with Crippen LogP contribution in [0.3, 0.4) is 0 Å². The van der Waals surface area contributed by atoms with E-state index in [1.54, 1.807) is 0 Å². The molecule has 0 aromatic heterocycles. The zero-order valence-electron chi connectivity index (χ0n) is 8.34. The molecule has 0 saturated carbocycles. The third-order valence-corrected chi connectivity index (χ3v) is 2.47. The van der Waals surface area contributed by atoms with Crippen molar-refractivity contribution >= 4 is 23.2 Å². The maximum absolute atomic E-state index is 5.83. The molecular weight excluding hydrogens is 217 g/mol. The van der Waals surface area contributed by atoms with Gasteiger partial charge in [0.25, 0.3) is 0 Å². The van der Waals surface area contributed by atoms with Crippen molar-refractivity contribution in [3.05, 3.63) is 34.9 Å². The van der Waals surface area contributed by atoms with Gasteiger partial charge in [0.15, 0.2) is 0 Å². The molecular formula is C11H16Cl2N+. The minimum absolute atomic E-state index is 0.250. The van der Waals surface area contributed by atoms with Gasteiger partial charge in [0.2, 0.25) is 0 Å². The predicted octanol–water partition coefficient (Wildman–Crippen LogP) is 2.07. The van der Waals surface area contributed by atoms with E-state index in [-0.39, 0.29) is 5.38 Å². The van der Waals surface area contributed by atoms with Crippen LogP contribution in [0.15, 0.2) is 24.3 Å². The van der Waals surface area contributed by atoms with E-state index in [1.807, 2.05) is 19.1 Å². The van der Waals surface area contributed by atoms with Gasteiger partial charge in [-0.2, -0.15) is 0 Å². The van der Waals surface area contributed by atoms with E-state index in [4.69, 9.17) is 23.2 Å². The molecule has 1 nitrogen and oxygen atoms in total. The van der Waals surface area contributed by atoms with E-state index in [2.05, 4.69) is 17.4 Å². The summed E-state index contributed by atoms with van der Waals surface area (Å²) in [6, 6.07) is 8.00. The Balaban J connectivity index is 2.21. The number of nitrogens with two attached hydrogens (primary N) is 1. The van der Waals surface area contributed by atoms with Gasteiger partial charge in [0.1, 0.15) is 0 Å². The van der Waals surface area contributed by atoms with Gasteiger partial charge in [-0.1, -0.05) is 23.7 Å². The fraction of sp³-hybridized carbons (Fsp3) is 0.455. The second kappa shape index (κ2) is 6.28. The smallest absolute Gasteiger partial charge is 0.0919 e. The van der Waals surface area contributed by atoms with E-state index in [0.717, 1.165) is 24.5 Å². The first-order valence-corrected chi connectivity index (χ1v) is 5.70. The number of hydrogen-bond donors (Lipinski definition) is 1. The van der Waals surface area contributed by atoms with E-state index in [9.17, 15) is 0 Å². The number of hydrogen-bond acceptors (Lipinski definition) is 0. The Morgan fingerprint density at radius 3 is 2.50 bits per heavy atom. The fourth-order valence-corrected chi connectivity index (χ4v) is 1.52. The highest BCUT2D eigenvalue weighted by Gasteiger charge is 1.99. The van der Waals surface area contributed by atoms with Crippen LogP contribution in [-0.2, 0) is 6.42 Å². The fourth-order valence-electron chi connectivity index (χ4n) is 1.27. The summed E-state index contributed by atoms with van der Waals surface area (Å²) in [4.78, 5) is 0. The van der Waals surface area contributed by atoms with E-state index in [1.165, 1.54) is 5.56 Å². The van der Waals surface area contributed by atoms with Gasteiger partial charge in [-0.3, -0.25) is 0 Å². The summed E-state index contributed by atoms with van der Waals surface area (Å²) in [5.41, 5.74) is 1.33. The number of quaternary nitrogens is 1. The first-order valence-electron chi connectivity index (χ1n) is 4.88. The third-order valence-electron chi connectivity index (χ3n) is 2.04. The monoisotopic (exact) mass is 232 g/mol. The number of alkyl halides is 1. The van der Waals surface area contributed by atoms with Crippen LogP contribution in [0.1, 0.15) is 12.5 Å². The summed E-state index contributed by atoms with van der Waals surface area (Å²) in [5, 5.41) is 3.29. The number of rotatable bonds is 5. The Bertz CT molecular complexity index is 256. The van der Waals surface area contributed by atoms with Crippen LogP contribution in [0.4, 0.5) is 0 Å². The first-order chi connectivity index (χ1) is 6.68. The van der Waals surface area contributed by atoms with E-state index < -0.39 is 0 Å². The largest absolute Gasteiger partial charge is 0.345 e. The first kappa shape index (κ1) is 11.8. The summed E-state index contributed by atoms with van der Waals surface area (Å²) in [7, 11) is 0. The Labute approximate surface area is 95.4 Å². The molecule has 0 spiro atoms. The highest BCUT2D eigenvalue weighted by atomic mass is 35.5. The van der Waals surface area contributed by atoms with Crippen LogP contribution in [0.5, 0.6) is 0 Å². The van der Waals surface area contributed by atoms with Gasteiger partial charge in [-0.15, -0.1) is 11.6 Å². The Kier molecular flexibility index (Phi) is 5.31. The summed E-state index contributed by atoms with van der Waals surface area (Å²) in [6.45, 7) is 4.08. The lowest BCUT2D eigenvalue weighted by atomic mass is 10.1. The van der Waals surface area contributed by atoms with Crippen molar-refractivity contribution < 1.29 is 5.32 Å². The van der Waals surface area contributed by atoms with Crippen molar-refractivity contribution in [1.29, 1.82) is 0 Å². The van der Waals surface area contributed by atoms with Gasteiger partial charge in [-0.25, -0.2) is 0 Å². The highest BCUT2D eigenvalue weighted by molar-refractivity contribution is 6.30. The van der Waals surface area contributed by atoms with Crippen LogP contribution >= 0.6 is 23.2 Å². The Morgan fingerprint density at radius 2 is 1.93 bits per heavy atom. The molecule has 1 rings (SSSR count). The van der Waals surface area contributed by atoms with Gasteiger partial charge >= 0.3 is 0 Å². The normalized spacial score (nSPS) is 12.8. The quantitative estimate of drug-likeness (QED) is 0.592. The average Bonchev–Trinajstić information content (AvgIpc) is 2.15. The molecule has 0 aliphatic rings. The van der Waals surface area contributed by atoms with Crippen LogP contribution in [0.2, 0.25) is 5.02 Å². The molecule has 0 bridgehead atoms. The van der Waals surface area contributed by atoms with Gasteiger partial charge < -0.3 is 5.32 Å². The molecule has 2 N–H and O–H groups in total. The van der Waals surface area contributed by atoms with Gasteiger partial charge in [-0.05, 0) is 24.6 Å². The van der Waals surface area contributed by atoms with Crippen molar-refractivity contribution in [2.24, 2.45) is 0 Å². The molecule has 0 radical (unpaired) electrons. The molecule has 1 atom stereocenters. The van der Waals surface area contributed by atoms with Crippen molar-refractivity contribution in [3.63, 3.8) is 0 Å². The summed E-state index contributed by atoms with van der Waals surface area (Å²) >= 11 is 11.6. The van der Waals surface area contributed by atoms with Crippen molar-refractivity contribution in [2.75, 3.05) is 13.1 Å². The topological polar surface area (TPSA) is 16.6 Å². The van der Waals surface area contributed by atoms with Gasteiger partial charge in [0.05, 0.1) is 18.5 Å². The minimum Gasteiger partial charge on any atom is -0.345 e. The molecule has 1 aromatic carbocycles.